The molecule has 1 fully saturated rings. The molecule has 1 aliphatic rings. The SMILES string of the molecule is CC(C)(C)c1nccc(NC2CCN(c3ccc(C#N)cc3)CC2)n1. The zero-order chi connectivity index (χ0) is 17.9. The molecular weight excluding hydrogens is 310 g/mol. The van der Waals surface area contributed by atoms with E-state index in [-0.39, 0.29) is 5.41 Å². The Morgan fingerprint density at radius 3 is 2.40 bits per heavy atom. The van der Waals surface area contributed by atoms with Crippen LogP contribution in [-0.4, -0.2) is 29.1 Å². The van der Waals surface area contributed by atoms with Gasteiger partial charge in [0, 0.05) is 36.4 Å². The van der Waals surface area contributed by atoms with Crippen molar-refractivity contribution >= 4 is 11.5 Å². The van der Waals surface area contributed by atoms with Crippen LogP contribution in [0.2, 0.25) is 0 Å². The van der Waals surface area contributed by atoms with Crippen molar-refractivity contribution in [3.05, 3.63) is 47.9 Å². The zero-order valence-corrected chi connectivity index (χ0v) is 15.2. The van der Waals surface area contributed by atoms with Crippen LogP contribution in [0.3, 0.4) is 0 Å². The Hall–Kier alpha value is -2.61. The van der Waals surface area contributed by atoms with Crippen LogP contribution in [0.5, 0.6) is 0 Å². The number of aromatic nitrogens is 2. The lowest BCUT2D eigenvalue weighted by Gasteiger charge is -2.34. The Kier molecular flexibility index (Phi) is 4.89. The largest absolute Gasteiger partial charge is 0.371 e. The molecule has 2 heterocycles. The zero-order valence-electron chi connectivity index (χ0n) is 15.2. The fourth-order valence-electron chi connectivity index (χ4n) is 3.04. The molecule has 1 aromatic carbocycles. The number of hydrogen-bond acceptors (Lipinski definition) is 5. The molecule has 0 aliphatic carbocycles. The molecule has 1 aromatic heterocycles. The molecule has 0 unspecified atom stereocenters. The molecule has 5 nitrogen and oxygen atoms in total. The molecule has 1 aliphatic heterocycles. The second kappa shape index (κ2) is 7.10. The van der Waals surface area contributed by atoms with Crippen LogP contribution in [0.1, 0.15) is 45.0 Å². The van der Waals surface area contributed by atoms with Crippen molar-refractivity contribution in [1.82, 2.24) is 9.97 Å². The molecule has 0 amide bonds. The molecule has 130 valence electrons. The van der Waals surface area contributed by atoms with E-state index >= 15 is 0 Å². The van der Waals surface area contributed by atoms with Gasteiger partial charge >= 0.3 is 0 Å². The van der Waals surface area contributed by atoms with E-state index in [1.165, 1.54) is 5.69 Å². The molecule has 0 atom stereocenters. The van der Waals surface area contributed by atoms with E-state index in [1.54, 1.807) is 0 Å². The Morgan fingerprint density at radius 2 is 1.80 bits per heavy atom. The van der Waals surface area contributed by atoms with E-state index < -0.39 is 0 Å². The van der Waals surface area contributed by atoms with Crippen LogP contribution in [0.4, 0.5) is 11.5 Å². The number of piperidine rings is 1. The van der Waals surface area contributed by atoms with Crippen LogP contribution >= 0.6 is 0 Å². The number of rotatable bonds is 3. The summed E-state index contributed by atoms with van der Waals surface area (Å²) in [6, 6.07) is 12.4. The average molecular weight is 335 g/mol. The van der Waals surface area contributed by atoms with Crippen molar-refractivity contribution in [2.24, 2.45) is 0 Å². The number of nitriles is 1. The fraction of sp³-hybridized carbons (Fsp3) is 0.450. The van der Waals surface area contributed by atoms with Crippen LogP contribution in [0.25, 0.3) is 0 Å². The summed E-state index contributed by atoms with van der Waals surface area (Å²) in [6.07, 6.45) is 3.96. The van der Waals surface area contributed by atoms with Gasteiger partial charge in [0.25, 0.3) is 0 Å². The van der Waals surface area contributed by atoms with Gasteiger partial charge in [-0.2, -0.15) is 5.26 Å². The van der Waals surface area contributed by atoms with E-state index in [4.69, 9.17) is 5.26 Å². The predicted octanol–water partition coefficient (Wildman–Crippen LogP) is 3.73. The molecule has 1 N–H and O–H groups in total. The third-order valence-electron chi connectivity index (χ3n) is 4.53. The first-order chi connectivity index (χ1) is 12.0. The summed E-state index contributed by atoms with van der Waals surface area (Å²) in [6.45, 7) is 8.38. The second-order valence-corrected chi connectivity index (χ2v) is 7.58. The summed E-state index contributed by atoms with van der Waals surface area (Å²) in [7, 11) is 0. The van der Waals surface area contributed by atoms with Crippen LogP contribution in [0, 0.1) is 11.3 Å². The number of hydrogen-bond donors (Lipinski definition) is 1. The molecule has 3 rings (SSSR count). The second-order valence-electron chi connectivity index (χ2n) is 7.58. The van der Waals surface area contributed by atoms with Gasteiger partial charge in [-0.25, -0.2) is 9.97 Å². The van der Waals surface area contributed by atoms with Crippen LogP contribution in [0.15, 0.2) is 36.5 Å². The van der Waals surface area contributed by atoms with Crippen LogP contribution in [-0.2, 0) is 5.41 Å². The van der Waals surface area contributed by atoms with Gasteiger partial charge in [-0.15, -0.1) is 0 Å². The molecule has 0 bridgehead atoms. The van der Waals surface area contributed by atoms with Gasteiger partial charge in [-0.1, -0.05) is 20.8 Å². The lowest BCUT2D eigenvalue weighted by atomic mass is 9.96. The van der Waals surface area contributed by atoms with Gasteiger partial charge < -0.3 is 10.2 Å². The van der Waals surface area contributed by atoms with Crippen molar-refractivity contribution in [2.75, 3.05) is 23.3 Å². The first-order valence-electron chi connectivity index (χ1n) is 8.81. The lowest BCUT2D eigenvalue weighted by Crippen LogP contribution is -2.39. The maximum Gasteiger partial charge on any atom is 0.135 e. The minimum atomic E-state index is -0.0450. The van der Waals surface area contributed by atoms with Gasteiger partial charge in [-0.3, -0.25) is 0 Å². The lowest BCUT2D eigenvalue weighted by molar-refractivity contribution is 0.520. The highest BCUT2D eigenvalue weighted by molar-refractivity contribution is 5.50. The summed E-state index contributed by atoms with van der Waals surface area (Å²) in [4.78, 5) is 11.4. The van der Waals surface area contributed by atoms with Gasteiger partial charge in [-0.05, 0) is 43.2 Å². The summed E-state index contributed by atoms with van der Waals surface area (Å²) >= 11 is 0. The van der Waals surface area contributed by atoms with Gasteiger partial charge in [0.1, 0.15) is 11.6 Å². The van der Waals surface area contributed by atoms with Gasteiger partial charge in [0.15, 0.2) is 0 Å². The minimum absolute atomic E-state index is 0.0450. The Bertz CT molecular complexity index is 747. The molecular formula is C20H25N5. The summed E-state index contributed by atoms with van der Waals surface area (Å²) in [5.41, 5.74) is 1.85. The maximum absolute atomic E-state index is 8.90. The van der Waals surface area contributed by atoms with E-state index in [9.17, 15) is 0 Å². The third-order valence-corrected chi connectivity index (χ3v) is 4.53. The Balaban J connectivity index is 1.58. The maximum atomic E-state index is 8.90. The first kappa shape index (κ1) is 17.2. The summed E-state index contributed by atoms with van der Waals surface area (Å²) < 4.78 is 0. The number of nitrogens with one attached hydrogen (secondary N) is 1. The summed E-state index contributed by atoms with van der Waals surface area (Å²) in [5.74, 6) is 1.78. The van der Waals surface area contributed by atoms with Gasteiger partial charge in [0.05, 0.1) is 11.6 Å². The topological polar surface area (TPSA) is 64.8 Å². The number of anilines is 2. The molecule has 0 saturated carbocycles. The summed E-state index contributed by atoms with van der Waals surface area (Å²) in [5, 5.41) is 12.5. The quantitative estimate of drug-likeness (QED) is 0.926. The van der Waals surface area contributed by atoms with Crippen molar-refractivity contribution in [3.8, 4) is 6.07 Å². The highest BCUT2D eigenvalue weighted by Crippen LogP contribution is 2.23. The van der Waals surface area contributed by atoms with Crippen molar-refractivity contribution in [3.63, 3.8) is 0 Å². The highest BCUT2D eigenvalue weighted by atomic mass is 15.2. The first-order valence-corrected chi connectivity index (χ1v) is 8.81. The van der Waals surface area contributed by atoms with Crippen LogP contribution < -0.4 is 10.2 Å². The van der Waals surface area contributed by atoms with E-state index in [1.807, 2.05) is 36.5 Å². The number of benzene rings is 1. The fourth-order valence-corrected chi connectivity index (χ4v) is 3.04. The minimum Gasteiger partial charge on any atom is -0.371 e. The Morgan fingerprint density at radius 1 is 1.12 bits per heavy atom. The Labute approximate surface area is 149 Å². The molecule has 0 spiro atoms. The van der Waals surface area contributed by atoms with E-state index in [0.717, 1.165) is 37.6 Å². The predicted molar refractivity (Wildman–Crippen MR) is 101 cm³/mol. The van der Waals surface area contributed by atoms with E-state index in [2.05, 4.69) is 47.0 Å². The molecule has 0 radical (unpaired) electrons. The normalized spacial score (nSPS) is 15.7. The highest BCUT2D eigenvalue weighted by Gasteiger charge is 2.21. The average Bonchev–Trinajstić information content (AvgIpc) is 2.62. The van der Waals surface area contributed by atoms with Crippen molar-refractivity contribution in [2.45, 2.75) is 45.1 Å². The van der Waals surface area contributed by atoms with Crippen molar-refractivity contribution in [1.29, 1.82) is 5.26 Å². The van der Waals surface area contributed by atoms with E-state index in [0.29, 0.717) is 11.6 Å². The standard InChI is InChI=1S/C20H25N5/c1-20(2,3)19-22-11-8-18(24-19)23-16-9-12-25(13-10-16)17-6-4-15(14-21)5-7-17/h4-8,11,16H,9-10,12-13H2,1-3H3,(H,22,23,24). The number of nitrogens with zero attached hydrogens (tertiary/aromatic N) is 4. The smallest absolute Gasteiger partial charge is 0.135 e. The third kappa shape index (κ3) is 4.27. The van der Waals surface area contributed by atoms with Gasteiger partial charge in [0.2, 0.25) is 0 Å². The molecule has 5 heteroatoms. The monoisotopic (exact) mass is 335 g/mol. The molecule has 2 aromatic rings. The molecule has 1 saturated heterocycles. The molecule has 25 heavy (non-hydrogen) atoms. The van der Waals surface area contributed by atoms with Crippen molar-refractivity contribution < 1.29 is 0 Å².